The largest absolute Gasteiger partial charge is 0.416 e. The molecule has 1 aromatic carbocycles. The Morgan fingerprint density at radius 2 is 1.89 bits per heavy atom. The van der Waals surface area contributed by atoms with Gasteiger partial charge in [0.05, 0.1) is 11.5 Å². The van der Waals surface area contributed by atoms with Crippen LogP contribution in [0.2, 0.25) is 0 Å². The van der Waals surface area contributed by atoms with Crippen molar-refractivity contribution in [2.45, 2.75) is 23.2 Å². The summed E-state index contributed by atoms with van der Waals surface area (Å²) in [7, 11) is -3.63. The van der Waals surface area contributed by atoms with Crippen molar-refractivity contribution in [2.75, 3.05) is 18.4 Å². The first-order chi connectivity index (χ1) is 12.7. The van der Waals surface area contributed by atoms with Gasteiger partial charge in [-0.3, -0.25) is 4.79 Å². The summed E-state index contributed by atoms with van der Waals surface area (Å²) in [6.07, 6.45) is -3.39. The van der Waals surface area contributed by atoms with Gasteiger partial charge in [0.1, 0.15) is 4.21 Å². The molecule has 1 saturated heterocycles. The predicted molar refractivity (Wildman–Crippen MR) is 95.9 cm³/mol. The number of anilines is 1. The van der Waals surface area contributed by atoms with Crippen LogP contribution in [-0.4, -0.2) is 31.7 Å². The maximum absolute atomic E-state index is 12.6. The molecule has 1 aliphatic heterocycles. The Hall–Kier alpha value is -1.91. The minimum absolute atomic E-state index is 0.0483. The number of amides is 1. The molecule has 0 unspecified atom stereocenters. The number of rotatable bonds is 4. The molecule has 0 radical (unpaired) electrons. The van der Waals surface area contributed by atoms with E-state index in [9.17, 15) is 26.4 Å². The second kappa shape index (κ2) is 7.61. The van der Waals surface area contributed by atoms with Crippen molar-refractivity contribution < 1.29 is 26.4 Å². The number of nitrogens with one attached hydrogen (secondary N) is 1. The first-order valence-corrected chi connectivity index (χ1v) is 10.5. The van der Waals surface area contributed by atoms with E-state index in [1.165, 1.54) is 22.5 Å². The van der Waals surface area contributed by atoms with Crippen LogP contribution in [-0.2, 0) is 21.0 Å². The molecule has 0 saturated carbocycles. The van der Waals surface area contributed by atoms with Gasteiger partial charge in [-0.15, -0.1) is 11.3 Å². The highest BCUT2D eigenvalue weighted by atomic mass is 32.2. The molecule has 1 amide bonds. The normalized spacial score (nSPS) is 19.0. The van der Waals surface area contributed by atoms with Gasteiger partial charge in [-0.25, -0.2) is 8.42 Å². The number of carbonyl (C=O) groups is 1. The summed E-state index contributed by atoms with van der Waals surface area (Å²) in [5.41, 5.74) is -0.558. The highest BCUT2D eigenvalue weighted by molar-refractivity contribution is 7.91. The summed E-state index contributed by atoms with van der Waals surface area (Å²) >= 11 is 1.12. The van der Waals surface area contributed by atoms with Crippen molar-refractivity contribution in [3.63, 3.8) is 0 Å². The molecule has 0 spiro atoms. The molecule has 1 aromatic heterocycles. The van der Waals surface area contributed by atoms with E-state index in [-0.39, 0.29) is 16.4 Å². The molecule has 1 atom stereocenters. The fraction of sp³-hybridized carbons (Fsp3) is 0.353. The van der Waals surface area contributed by atoms with Crippen LogP contribution in [0.1, 0.15) is 18.4 Å². The second-order valence-electron chi connectivity index (χ2n) is 6.20. The van der Waals surface area contributed by atoms with Gasteiger partial charge in [0.15, 0.2) is 0 Å². The second-order valence-corrected chi connectivity index (χ2v) is 9.31. The number of alkyl halides is 3. The van der Waals surface area contributed by atoms with E-state index in [2.05, 4.69) is 5.32 Å². The molecule has 1 aliphatic rings. The molecule has 5 nitrogen and oxygen atoms in total. The summed E-state index contributed by atoms with van der Waals surface area (Å²) in [6.45, 7) is 0.386. The highest BCUT2D eigenvalue weighted by Gasteiger charge is 2.34. The molecule has 2 heterocycles. The predicted octanol–water partition coefficient (Wildman–Crippen LogP) is 3.81. The van der Waals surface area contributed by atoms with Crippen LogP contribution in [0.15, 0.2) is 46.0 Å². The zero-order chi connectivity index (χ0) is 19.7. The van der Waals surface area contributed by atoms with Gasteiger partial charge in [-0.2, -0.15) is 17.5 Å². The minimum atomic E-state index is -4.44. The fourth-order valence-electron chi connectivity index (χ4n) is 2.90. The van der Waals surface area contributed by atoms with Crippen LogP contribution in [0, 0.1) is 5.92 Å². The molecule has 1 N–H and O–H groups in total. The van der Waals surface area contributed by atoms with Crippen LogP contribution in [0.5, 0.6) is 0 Å². The fourth-order valence-corrected chi connectivity index (χ4v) is 5.57. The Balaban J connectivity index is 1.67. The minimum Gasteiger partial charge on any atom is -0.326 e. The van der Waals surface area contributed by atoms with E-state index in [0.717, 1.165) is 23.5 Å². The van der Waals surface area contributed by atoms with Crippen LogP contribution in [0.4, 0.5) is 18.9 Å². The summed E-state index contributed by atoms with van der Waals surface area (Å²) in [6, 6.07) is 7.32. The van der Waals surface area contributed by atoms with E-state index in [4.69, 9.17) is 0 Å². The van der Waals surface area contributed by atoms with Crippen LogP contribution in [0.25, 0.3) is 0 Å². The average Bonchev–Trinajstić information content (AvgIpc) is 3.17. The number of hydrogen-bond acceptors (Lipinski definition) is 4. The van der Waals surface area contributed by atoms with E-state index >= 15 is 0 Å². The first-order valence-electron chi connectivity index (χ1n) is 8.20. The Morgan fingerprint density at radius 3 is 2.48 bits per heavy atom. The molecule has 0 bridgehead atoms. The number of carbonyl (C=O) groups excluding carboxylic acids is 1. The van der Waals surface area contributed by atoms with Gasteiger partial charge < -0.3 is 5.32 Å². The number of thiophene rings is 1. The quantitative estimate of drug-likeness (QED) is 0.821. The summed E-state index contributed by atoms with van der Waals surface area (Å²) in [5, 5.41) is 4.24. The van der Waals surface area contributed by atoms with E-state index in [1.807, 2.05) is 0 Å². The number of sulfonamides is 1. The number of benzene rings is 1. The lowest BCUT2D eigenvalue weighted by Gasteiger charge is -2.30. The van der Waals surface area contributed by atoms with Crippen molar-refractivity contribution in [3.05, 3.63) is 47.3 Å². The Bertz CT molecular complexity index is 895. The number of nitrogens with zero attached hydrogens (tertiary/aromatic N) is 1. The Labute approximate surface area is 158 Å². The SMILES string of the molecule is O=C(Nc1ccc(C(F)(F)F)cc1)[C@H]1CCCN(S(=O)(=O)c2cccs2)C1. The molecule has 146 valence electrons. The molecule has 1 fully saturated rings. The van der Waals surface area contributed by atoms with Crippen molar-refractivity contribution in [2.24, 2.45) is 5.92 Å². The average molecular weight is 418 g/mol. The van der Waals surface area contributed by atoms with Gasteiger partial charge in [0, 0.05) is 18.8 Å². The van der Waals surface area contributed by atoms with E-state index in [0.29, 0.717) is 19.4 Å². The van der Waals surface area contributed by atoms with Gasteiger partial charge in [-0.1, -0.05) is 6.07 Å². The zero-order valence-electron chi connectivity index (χ0n) is 14.1. The smallest absolute Gasteiger partial charge is 0.326 e. The maximum atomic E-state index is 12.6. The number of hydrogen-bond donors (Lipinski definition) is 1. The first kappa shape index (κ1) is 19.8. The molecule has 10 heteroatoms. The standard InChI is InChI=1S/C17H17F3N2O3S2/c18-17(19,20)13-5-7-14(8-6-13)21-16(23)12-3-1-9-22(11-12)27(24,25)15-4-2-10-26-15/h2,4-8,10,12H,1,3,9,11H2,(H,21,23)/t12-/m0/s1. The van der Waals surface area contributed by atoms with Crippen molar-refractivity contribution in [1.82, 2.24) is 4.31 Å². The van der Waals surface area contributed by atoms with Crippen molar-refractivity contribution >= 4 is 33.0 Å². The zero-order valence-corrected chi connectivity index (χ0v) is 15.7. The van der Waals surface area contributed by atoms with Crippen LogP contribution < -0.4 is 5.32 Å². The van der Waals surface area contributed by atoms with Crippen LogP contribution in [0.3, 0.4) is 0 Å². The Morgan fingerprint density at radius 1 is 1.19 bits per heavy atom. The van der Waals surface area contributed by atoms with Crippen LogP contribution >= 0.6 is 11.3 Å². The maximum Gasteiger partial charge on any atom is 0.416 e. The molecule has 0 aliphatic carbocycles. The molecule has 3 rings (SSSR count). The lowest BCUT2D eigenvalue weighted by molar-refractivity contribution is -0.137. The van der Waals surface area contributed by atoms with Gasteiger partial charge >= 0.3 is 6.18 Å². The highest BCUT2D eigenvalue weighted by Crippen LogP contribution is 2.30. The van der Waals surface area contributed by atoms with Gasteiger partial charge in [-0.05, 0) is 48.6 Å². The Kier molecular flexibility index (Phi) is 5.59. The van der Waals surface area contributed by atoms with Gasteiger partial charge in [0.25, 0.3) is 10.0 Å². The lowest BCUT2D eigenvalue weighted by Crippen LogP contribution is -2.43. The molecule has 27 heavy (non-hydrogen) atoms. The topological polar surface area (TPSA) is 66.5 Å². The summed E-state index contributed by atoms with van der Waals surface area (Å²) in [4.78, 5) is 12.5. The monoisotopic (exact) mass is 418 g/mol. The van der Waals surface area contributed by atoms with Gasteiger partial charge in [0.2, 0.25) is 5.91 Å². The molecular weight excluding hydrogens is 401 g/mol. The summed E-state index contributed by atoms with van der Waals surface area (Å²) < 4.78 is 64.5. The molecular formula is C17H17F3N2O3S2. The number of piperidine rings is 1. The number of halogens is 3. The van der Waals surface area contributed by atoms with Crippen molar-refractivity contribution in [3.8, 4) is 0 Å². The third-order valence-electron chi connectivity index (χ3n) is 4.32. The lowest BCUT2D eigenvalue weighted by atomic mass is 9.98. The van der Waals surface area contributed by atoms with E-state index in [1.54, 1.807) is 11.4 Å². The third-order valence-corrected chi connectivity index (χ3v) is 7.56. The molecule has 2 aromatic rings. The van der Waals surface area contributed by atoms with E-state index < -0.39 is 33.6 Å². The van der Waals surface area contributed by atoms with Crippen molar-refractivity contribution in [1.29, 1.82) is 0 Å². The third kappa shape index (κ3) is 4.50. The summed E-state index contributed by atoms with van der Waals surface area (Å²) in [5.74, 6) is -0.961.